The Hall–Kier alpha value is -0.790. The van der Waals surface area contributed by atoms with Crippen molar-refractivity contribution in [3.8, 4) is 0 Å². The second-order valence-corrected chi connectivity index (χ2v) is 4.88. The van der Waals surface area contributed by atoms with E-state index in [1.54, 1.807) is 0 Å². The van der Waals surface area contributed by atoms with E-state index in [2.05, 4.69) is 16.9 Å². The average Bonchev–Trinajstić information content (AvgIpc) is 3.12. The molecule has 0 radical (unpaired) electrons. The van der Waals surface area contributed by atoms with Crippen molar-refractivity contribution < 1.29 is 4.42 Å². The van der Waals surface area contributed by atoms with Gasteiger partial charge in [0.2, 0.25) is 0 Å². The molecule has 0 saturated heterocycles. The normalized spacial score (nSPS) is 15.2. The lowest BCUT2D eigenvalue weighted by molar-refractivity contribution is 0.448. The van der Waals surface area contributed by atoms with Gasteiger partial charge in [0.25, 0.3) is 0 Å². The quantitative estimate of drug-likeness (QED) is 0.486. The first kappa shape index (κ1) is 16.3. The molecular weight excluding hydrogens is 355 g/mol. The van der Waals surface area contributed by atoms with Gasteiger partial charge >= 0.3 is 0 Å². The minimum Gasteiger partial charge on any atom is -0.443 e. The lowest BCUT2D eigenvalue weighted by Crippen LogP contribution is -2.35. The summed E-state index contributed by atoms with van der Waals surface area (Å²) in [6.07, 6.45) is 4.35. The zero-order valence-corrected chi connectivity index (χ0v) is 14.2. The Balaban J connectivity index is 0.00000180. The highest BCUT2D eigenvalue weighted by Gasteiger charge is 2.27. The molecule has 6 heteroatoms. The Bertz CT molecular complexity index is 440. The van der Waals surface area contributed by atoms with Gasteiger partial charge in [-0.2, -0.15) is 0 Å². The number of aliphatic imine (C=N–C) groups is 1. The van der Waals surface area contributed by atoms with Crippen LogP contribution < -0.4 is 5.73 Å². The summed E-state index contributed by atoms with van der Waals surface area (Å²) in [6, 6.07) is 0.584. The van der Waals surface area contributed by atoms with Crippen LogP contribution in [0.1, 0.15) is 43.5 Å². The molecular formula is C13H23IN4O. The molecule has 0 aliphatic heterocycles. The first-order valence-electron chi connectivity index (χ1n) is 6.59. The lowest BCUT2D eigenvalue weighted by Gasteiger charge is -2.16. The molecule has 0 spiro atoms. The van der Waals surface area contributed by atoms with E-state index < -0.39 is 0 Å². The fourth-order valence-corrected chi connectivity index (χ4v) is 1.87. The van der Waals surface area contributed by atoms with E-state index in [1.165, 1.54) is 12.8 Å². The van der Waals surface area contributed by atoms with Gasteiger partial charge < -0.3 is 15.1 Å². The minimum absolute atomic E-state index is 0. The van der Waals surface area contributed by atoms with Crippen molar-refractivity contribution in [1.29, 1.82) is 0 Å². The zero-order valence-electron chi connectivity index (χ0n) is 11.8. The maximum absolute atomic E-state index is 5.94. The van der Waals surface area contributed by atoms with Crippen LogP contribution in [0.2, 0.25) is 0 Å². The summed E-state index contributed by atoms with van der Waals surface area (Å²) in [5.74, 6) is 2.21. The van der Waals surface area contributed by atoms with Crippen molar-refractivity contribution in [2.75, 3.05) is 7.05 Å². The maximum atomic E-state index is 5.94. The third-order valence-corrected chi connectivity index (χ3v) is 3.24. The number of nitrogens with two attached hydrogens (primary N) is 1. The average molecular weight is 378 g/mol. The third-order valence-electron chi connectivity index (χ3n) is 3.24. The number of aromatic nitrogens is 1. The predicted molar refractivity (Wildman–Crippen MR) is 86.8 cm³/mol. The molecule has 5 nitrogen and oxygen atoms in total. The predicted octanol–water partition coefficient (Wildman–Crippen LogP) is 2.46. The highest BCUT2D eigenvalue weighted by atomic mass is 127. The monoisotopic (exact) mass is 378 g/mol. The molecule has 0 aromatic carbocycles. The molecule has 108 valence electrons. The van der Waals surface area contributed by atoms with Gasteiger partial charge in [0, 0.05) is 19.5 Å². The third kappa shape index (κ3) is 4.36. The Labute approximate surface area is 131 Å². The van der Waals surface area contributed by atoms with Gasteiger partial charge in [-0.05, 0) is 26.2 Å². The topological polar surface area (TPSA) is 67.7 Å². The lowest BCUT2D eigenvalue weighted by atomic mass is 10.3. The first-order chi connectivity index (χ1) is 8.61. The number of nitrogens with zero attached hydrogens (tertiary/aromatic N) is 3. The summed E-state index contributed by atoms with van der Waals surface area (Å²) in [7, 11) is 1.99. The summed E-state index contributed by atoms with van der Waals surface area (Å²) in [5, 5.41) is 0. The van der Waals surface area contributed by atoms with E-state index in [9.17, 15) is 0 Å². The molecule has 0 atom stereocenters. The Kier molecular flexibility index (Phi) is 6.09. The van der Waals surface area contributed by atoms with Crippen molar-refractivity contribution in [2.24, 2.45) is 10.7 Å². The Morgan fingerprint density at radius 3 is 2.79 bits per heavy atom. The van der Waals surface area contributed by atoms with E-state index in [4.69, 9.17) is 10.2 Å². The van der Waals surface area contributed by atoms with Crippen molar-refractivity contribution in [1.82, 2.24) is 9.88 Å². The summed E-state index contributed by atoms with van der Waals surface area (Å²) >= 11 is 0. The zero-order chi connectivity index (χ0) is 13.1. The van der Waals surface area contributed by atoms with Crippen LogP contribution in [0.25, 0.3) is 0 Å². The molecule has 19 heavy (non-hydrogen) atoms. The molecule has 1 fully saturated rings. The van der Waals surface area contributed by atoms with E-state index in [1.807, 2.05) is 18.9 Å². The van der Waals surface area contributed by atoms with Crippen molar-refractivity contribution in [2.45, 2.75) is 52.1 Å². The van der Waals surface area contributed by atoms with Crippen LogP contribution >= 0.6 is 24.0 Å². The highest BCUT2D eigenvalue weighted by molar-refractivity contribution is 14.0. The van der Waals surface area contributed by atoms with Crippen LogP contribution in [0.3, 0.4) is 0 Å². The van der Waals surface area contributed by atoms with E-state index in [-0.39, 0.29) is 24.0 Å². The largest absolute Gasteiger partial charge is 0.443 e. The van der Waals surface area contributed by atoms with Crippen LogP contribution in [0, 0.1) is 6.92 Å². The Morgan fingerprint density at radius 1 is 1.53 bits per heavy atom. The maximum Gasteiger partial charge on any atom is 0.194 e. The molecule has 2 rings (SSSR count). The van der Waals surface area contributed by atoms with Gasteiger partial charge in [0.1, 0.15) is 12.3 Å². The Morgan fingerprint density at radius 2 is 2.21 bits per heavy atom. The minimum atomic E-state index is 0. The molecule has 1 aliphatic carbocycles. The fraction of sp³-hybridized carbons (Fsp3) is 0.692. The number of halogens is 1. The van der Waals surface area contributed by atoms with E-state index in [0.29, 0.717) is 18.5 Å². The van der Waals surface area contributed by atoms with Crippen LogP contribution in [-0.4, -0.2) is 28.9 Å². The molecule has 0 unspecified atom stereocenters. The molecule has 1 aromatic rings. The van der Waals surface area contributed by atoms with Crippen LogP contribution in [0.4, 0.5) is 0 Å². The summed E-state index contributed by atoms with van der Waals surface area (Å²) in [6.45, 7) is 4.54. The van der Waals surface area contributed by atoms with Gasteiger partial charge in [0.15, 0.2) is 11.9 Å². The highest BCUT2D eigenvalue weighted by Crippen LogP contribution is 2.25. The standard InChI is InChI=1S/C13H22N4O.HI/c1-4-5-12-16-9(2)11(18-12)8-15-13(14)17(3)10-6-7-10;/h10H,4-8H2,1-3H3,(H2,14,15);1H. The summed E-state index contributed by atoms with van der Waals surface area (Å²) < 4.78 is 5.67. The second-order valence-electron chi connectivity index (χ2n) is 4.88. The van der Waals surface area contributed by atoms with Gasteiger partial charge in [-0.25, -0.2) is 9.98 Å². The first-order valence-corrected chi connectivity index (χ1v) is 6.59. The van der Waals surface area contributed by atoms with E-state index in [0.717, 1.165) is 30.2 Å². The van der Waals surface area contributed by atoms with Gasteiger partial charge in [-0.3, -0.25) is 0 Å². The van der Waals surface area contributed by atoms with Crippen molar-refractivity contribution >= 4 is 29.9 Å². The molecule has 1 aromatic heterocycles. The number of hydrogen-bond acceptors (Lipinski definition) is 3. The van der Waals surface area contributed by atoms with Gasteiger partial charge in [-0.15, -0.1) is 24.0 Å². The molecule has 1 heterocycles. The summed E-state index contributed by atoms with van der Waals surface area (Å²) in [4.78, 5) is 10.8. The number of hydrogen-bond donors (Lipinski definition) is 1. The fourth-order valence-electron chi connectivity index (χ4n) is 1.87. The number of guanidine groups is 1. The molecule has 0 amide bonds. The van der Waals surface area contributed by atoms with Crippen molar-refractivity contribution in [3.63, 3.8) is 0 Å². The number of oxazole rings is 1. The van der Waals surface area contributed by atoms with Crippen LogP contribution in [-0.2, 0) is 13.0 Å². The number of rotatable bonds is 5. The van der Waals surface area contributed by atoms with Crippen LogP contribution in [0.5, 0.6) is 0 Å². The van der Waals surface area contributed by atoms with Crippen molar-refractivity contribution in [3.05, 3.63) is 17.3 Å². The van der Waals surface area contributed by atoms with E-state index >= 15 is 0 Å². The summed E-state index contributed by atoms with van der Waals surface area (Å²) in [5.41, 5.74) is 6.86. The molecule has 1 aliphatic rings. The SMILES string of the molecule is CCCc1nc(C)c(CN=C(N)N(C)C2CC2)o1.I. The molecule has 2 N–H and O–H groups in total. The smallest absolute Gasteiger partial charge is 0.194 e. The molecule has 0 bridgehead atoms. The van der Waals surface area contributed by atoms with Crippen LogP contribution in [0.15, 0.2) is 9.41 Å². The van der Waals surface area contributed by atoms with Gasteiger partial charge in [0.05, 0.1) is 5.69 Å². The number of aryl methyl sites for hydroxylation is 2. The second kappa shape index (κ2) is 7.12. The van der Waals surface area contributed by atoms with Gasteiger partial charge in [-0.1, -0.05) is 6.92 Å². The molecule has 1 saturated carbocycles.